The molecule has 1 heterocycles. The Balaban J connectivity index is 2.35. The van der Waals surface area contributed by atoms with Crippen molar-refractivity contribution in [3.8, 4) is 0 Å². The molecule has 90 valence electrons. The number of benzene rings is 1. The molecule has 1 N–H and O–H groups in total. The van der Waals surface area contributed by atoms with Gasteiger partial charge in [0.05, 0.1) is 11.3 Å². The number of carboxylic acids is 1. The maximum atomic E-state index is 13.0. The minimum absolute atomic E-state index is 0.0259. The van der Waals surface area contributed by atoms with Gasteiger partial charge in [0.1, 0.15) is 5.82 Å². The minimum Gasteiger partial charge on any atom is -0.478 e. The molecule has 0 aliphatic carbocycles. The van der Waals surface area contributed by atoms with Gasteiger partial charge in [0.2, 0.25) is 0 Å². The van der Waals surface area contributed by atoms with E-state index in [1.807, 2.05) is 4.90 Å². The summed E-state index contributed by atoms with van der Waals surface area (Å²) in [5.41, 5.74) is 1.92. The van der Waals surface area contributed by atoms with E-state index in [-0.39, 0.29) is 5.56 Å². The van der Waals surface area contributed by atoms with Crippen LogP contribution in [0, 0.1) is 5.82 Å². The number of carboxylic acid groups (broad SMARTS) is 1. The van der Waals surface area contributed by atoms with Crippen LogP contribution in [0.1, 0.15) is 23.7 Å². The quantitative estimate of drug-likeness (QED) is 0.801. The zero-order chi connectivity index (χ0) is 12.4. The van der Waals surface area contributed by atoms with Gasteiger partial charge in [0.25, 0.3) is 0 Å². The topological polar surface area (TPSA) is 40.5 Å². The van der Waals surface area contributed by atoms with E-state index in [2.05, 4.69) is 13.0 Å². The molecule has 2 rings (SSSR count). The highest BCUT2D eigenvalue weighted by Gasteiger charge is 2.18. The first-order valence-corrected chi connectivity index (χ1v) is 5.51. The summed E-state index contributed by atoms with van der Waals surface area (Å²) in [6.07, 6.45) is 2.98. The van der Waals surface area contributed by atoms with E-state index < -0.39 is 11.8 Å². The molecular formula is C13H14FNO2. The molecule has 1 aromatic carbocycles. The molecule has 0 spiro atoms. The number of aromatic carboxylic acids is 1. The third kappa shape index (κ3) is 2.46. The Labute approximate surface area is 99.2 Å². The summed E-state index contributed by atoms with van der Waals surface area (Å²) < 4.78 is 13.0. The largest absolute Gasteiger partial charge is 0.478 e. The predicted molar refractivity (Wildman–Crippen MR) is 63.9 cm³/mol. The summed E-state index contributed by atoms with van der Waals surface area (Å²) in [7, 11) is 0. The fourth-order valence-electron chi connectivity index (χ4n) is 1.94. The van der Waals surface area contributed by atoms with Crippen molar-refractivity contribution in [2.75, 3.05) is 18.0 Å². The molecular weight excluding hydrogens is 221 g/mol. The van der Waals surface area contributed by atoms with Gasteiger partial charge in [-0.25, -0.2) is 9.18 Å². The molecule has 0 fully saturated rings. The van der Waals surface area contributed by atoms with Crippen LogP contribution in [-0.4, -0.2) is 24.2 Å². The second kappa shape index (κ2) is 4.57. The average molecular weight is 235 g/mol. The van der Waals surface area contributed by atoms with E-state index in [9.17, 15) is 9.18 Å². The van der Waals surface area contributed by atoms with E-state index in [0.717, 1.165) is 19.0 Å². The summed E-state index contributed by atoms with van der Waals surface area (Å²) >= 11 is 0. The molecule has 0 bridgehead atoms. The number of hydrogen-bond donors (Lipinski definition) is 1. The van der Waals surface area contributed by atoms with Crippen LogP contribution in [0.25, 0.3) is 0 Å². The fraction of sp³-hybridized carbons (Fsp3) is 0.308. The molecule has 0 unspecified atom stereocenters. The monoisotopic (exact) mass is 235 g/mol. The molecule has 3 nitrogen and oxygen atoms in total. The second-order valence-electron chi connectivity index (χ2n) is 4.21. The van der Waals surface area contributed by atoms with Crippen molar-refractivity contribution in [1.82, 2.24) is 0 Å². The van der Waals surface area contributed by atoms with Gasteiger partial charge < -0.3 is 10.0 Å². The smallest absolute Gasteiger partial charge is 0.337 e. The minimum atomic E-state index is -1.09. The number of carbonyl (C=O) groups is 1. The Bertz CT molecular complexity index is 482. The maximum absolute atomic E-state index is 13.0. The van der Waals surface area contributed by atoms with Crippen molar-refractivity contribution in [2.24, 2.45) is 0 Å². The SMILES string of the molecule is CC1=CCN(c2ccc(F)cc2C(=O)O)CC1. The molecule has 1 aromatic rings. The lowest BCUT2D eigenvalue weighted by Crippen LogP contribution is -2.29. The third-order valence-electron chi connectivity index (χ3n) is 2.97. The Morgan fingerprint density at radius 3 is 2.82 bits per heavy atom. The van der Waals surface area contributed by atoms with Gasteiger partial charge in [-0.15, -0.1) is 0 Å². The normalized spacial score (nSPS) is 15.6. The van der Waals surface area contributed by atoms with Crippen molar-refractivity contribution in [2.45, 2.75) is 13.3 Å². The summed E-state index contributed by atoms with van der Waals surface area (Å²) in [6.45, 7) is 3.51. The first kappa shape index (κ1) is 11.6. The highest BCUT2D eigenvalue weighted by Crippen LogP contribution is 2.24. The molecule has 0 atom stereocenters. The van der Waals surface area contributed by atoms with Crippen LogP contribution in [0.5, 0.6) is 0 Å². The van der Waals surface area contributed by atoms with E-state index >= 15 is 0 Å². The van der Waals surface area contributed by atoms with E-state index in [1.165, 1.54) is 17.7 Å². The van der Waals surface area contributed by atoms with Gasteiger partial charge in [0, 0.05) is 13.1 Å². The zero-order valence-electron chi connectivity index (χ0n) is 9.61. The summed E-state index contributed by atoms with van der Waals surface area (Å²) in [4.78, 5) is 13.0. The van der Waals surface area contributed by atoms with Crippen molar-refractivity contribution in [3.05, 3.63) is 41.2 Å². The highest BCUT2D eigenvalue weighted by atomic mass is 19.1. The van der Waals surface area contributed by atoms with Crippen LogP contribution in [0.3, 0.4) is 0 Å². The highest BCUT2D eigenvalue weighted by molar-refractivity contribution is 5.94. The Morgan fingerprint density at radius 1 is 1.47 bits per heavy atom. The average Bonchev–Trinajstić information content (AvgIpc) is 2.30. The van der Waals surface area contributed by atoms with Crippen LogP contribution < -0.4 is 4.90 Å². The van der Waals surface area contributed by atoms with Crippen LogP contribution in [-0.2, 0) is 0 Å². The molecule has 0 radical (unpaired) electrons. The Morgan fingerprint density at radius 2 is 2.24 bits per heavy atom. The van der Waals surface area contributed by atoms with Crippen molar-refractivity contribution < 1.29 is 14.3 Å². The van der Waals surface area contributed by atoms with E-state index in [0.29, 0.717) is 12.2 Å². The predicted octanol–water partition coefficient (Wildman–Crippen LogP) is 2.68. The maximum Gasteiger partial charge on any atom is 0.337 e. The molecule has 0 aromatic heterocycles. The molecule has 0 saturated carbocycles. The second-order valence-corrected chi connectivity index (χ2v) is 4.21. The number of nitrogens with zero attached hydrogens (tertiary/aromatic N) is 1. The van der Waals surface area contributed by atoms with Crippen LogP contribution in [0.15, 0.2) is 29.8 Å². The van der Waals surface area contributed by atoms with Crippen molar-refractivity contribution >= 4 is 11.7 Å². The molecule has 4 heteroatoms. The Hall–Kier alpha value is -1.84. The zero-order valence-corrected chi connectivity index (χ0v) is 9.61. The lowest BCUT2D eigenvalue weighted by Gasteiger charge is -2.28. The molecule has 0 amide bonds. The molecule has 1 aliphatic rings. The van der Waals surface area contributed by atoms with Gasteiger partial charge in [0.15, 0.2) is 0 Å². The Kier molecular flexibility index (Phi) is 3.13. The summed E-state index contributed by atoms with van der Waals surface area (Å²) in [5.74, 6) is -1.61. The van der Waals surface area contributed by atoms with Gasteiger partial charge in [-0.05, 0) is 31.5 Å². The van der Waals surface area contributed by atoms with Gasteiger partial charge in [-0.2, -0.15) is 0 Å². The van der Waals surface area contributed by atoms with Crippen molar-refractivity contribution in [1.29, 1.82) is 0 Å². The molecule has 17 heavy (non-hydrogen) atoms. The van der Waals surface area contributed by atoms with Gasteiger partial charge in [-0.1, -0.05) is 11.6 Å². The lowest BCUT2D eigenvalue weighted by molar-refractivity contribution is 0.0697. The number of rotatable bonds is 2. The van der Waals surface area contributed by atoms with Gasteiger partial charge in [-0.3, -0.25) is 0 Å². The van der Waals surface area contributed by atoms with E-state index in [4.69, 9.17) is 5.11 Å². The fourth-order valence-corrected chi connectivity index (χ4v) is 1.94. The first-order valence-electron chi connectivity index (χ1n) is 5.51. The van der Waals surface area contributed by atoms with Crippen molar-refractivity contribution in [3.63, 3.8) is 0 Å². The summed E-state index contributed by atoms with van der Waals surface area (Å²) in [6, 6.07) is 3.91. The molecule has 0 saturated heterocycles. The van der Waals surface area contributed by atoms with E-state index in [1.54, 1.807) is 0 Å². The molecule has 1 aliphatic heterocycles. The van der Waals surface area contributed by atoms with Gasteiger partial charge >= 0.3 is 5.97 Å². The number of halogens is 1. The third-order valence-corrected chi connectivity index (χ3v) is 2.97. The van der Waals surface area contributed by atoms with Crippen LogP contribution in [0.4, 0.5) is 10.1 Å². The van der Waals surface area contributed by atoms with Crippen LogP contribution >= 0.6 is 0 Å². The first-order chi connectivity index (χ1) is 8.08. The lowest BCUT2D eigenvalue weighted by atomic mass is 10.1. The number of hydrogen-bond acceptors (Lipinski definition) is 2. The van der Waals surface area contributed by atoms with Crippen LogP contribution in [0.2, 0.25) is 0 Å². The number of anilines is 1. The summed E-state index contributed by atoms with van der Waals surface area (Å²) in [5, 5.41) is 9.06. The standard InChI is InChI=1S/C13H14FNO2/c1-9-4-6-15(7-5-9)12-3-2-10(14)8-11(12)13(16)17/h2-4,8H,5-7H2,1H3,(H,16,17).